The number of ether oxygens (including phenoxy) is 2. The number of fused-ring (bicyclic) bond motifs is 1. The van der Waals surface area contributed by atoms with Crippen LogP contribution in [0.1, 0.15) is 66.0 Å². The van der Waals surface area contributed by atoms with Crippen LogP contribution in [0.4, 0.5) is 5.82 Å². The summed E-state index contributed by atoms with van der Waals surface area (Å²) < 4.78 is 23.1. The molecule has 1 fully saturated rings. The number of hydrogen-bond donors (Lipinski definition) is 4. The molecule has 2 aromatic heterocycles. The Bertz CT molecular complexity index is 1360. The molecule has 1 amide bonds. The molecule has 47 heavy (non-hydrogen) atoms. The molecule has 260 valence electrons. The standard InChI is InChI=1S/C22H26N5O6P.C7H14O2.C3H9N/c1-3-7-18(28)26-21-15-10-11-17(27(15)25-13-24-21)22(23-2)20(30)19(29)16(32-22)12-31-34-33-14-8-5-4-6-9-14;1-3-7(4-2)5-9-6-8;1-3(2)4/h4-6,8-11,13,16,19-20,29-30,34H,2-3,7,12H2,1H3,(H,24,25,26,28);6-7H,3-5H2,1-2H3;3H,4H2,1-2H3/t16-,19?,20?,22+;;/m1../s1. The van der Waals surface area contributed by atoms with Crippen molar-refractivity contribution in [3.8, 4) is 5.75 Å². The molecule has 4 rings (SSSR count). The average molecular weight is 677 g/mol. The molecule has 1 aliphatic heterocycles. The number of anilines is 1. The monoisotopic (exact) mass is 676 g/mol. The number of aliphatic hydroxyl groups excluding tert-OH is 2. The molecular formula is C32H49N6O8P. The molecular weight excluding hydrogens is 627 g/mol. The number of hydrogen-bond acceptors (Lipinski definition) is 12. The van der Waals surface area contributed by atoms with Crippen LogP contribution in [-0.4, -0.2) is 81.5 Å². The van der Waals surface area contributed by atoms with Gasteiger partial charge < -0.3 is 39.8 Å². The van der Waals surface area contributed by atoms with Gasteiger partial charge in [-0.3, -0.25) is 14.6 Å². The van der Waals surface area contributed by atoms with E-state index in [1.54, 1.807) is 24.3 Å². The fourth-order valence-electron chi connectivity index (χ4n) is 4.47. The van der Waals surface area contributed by atoms with E-state index >= 15 is 0 Å². The lowest BCUT2D eigenvalue weighted by molar-refractivity contribution is -0.130. The molecule has 1 saturated heterocycles. The van der Waals surface area contributed by atoms with Crippen molar-refractivity contribution in [2.24, 2.45) is 16.6 Å². The third-order valence-corrected chi connectivity index (χ3v) is 7.59. The number of amides is 1. The van der Waals surface area contributed by atoms with E-state index in [2.05, 4.69) is 45.7 Å². The Morgan fingerprint density at radius 1 is 1.21 bits per heavy atom. The number of aliphatic hydroxyl groups is 2. The number of aromatic nitrogens is 3. The van der Waals surface area contributed by atoms with E-state index in [1.165, 1.54) is 10.8 Å². The summed E-state index contributed by atoms with van der Waals surface area (Å²) in [5.74, 6) is 1.34. The van der Waals surface area contributed by atoms with Gasteiger partial charge in [0, 0.05) is 6.42 Å². The Kier molecular flexibility index (Phi) is 17.4. The van der Waals surface area contributed by atoms with Gasteiger partial charge in [-0.05, 0) is 49.4 Å². The molecule has 0 aliphatic carbocycles. The molecule has 3 heterocycles. The first-order valence-corrected chi connectivity index (χ1v) is 16.4. The van der Waals surface area contributed by atoms with Crippen LogP contribution in [0.3, 0.4) is 0 Å². The Hall–Kier alpha value is -3.52. The summed E-state index contributed by atoms with van der Waals surface area (Å²) in [4.78, 5) is 30.0. The third-order valence-electron chi connectivity index (χ3n) is 6.99. The quantitative estimate of drug-likeness (QED) is 0.0787. The number of benzene rings is 1. The highest BCUT2D eigenvalue weighted by atomic mass is 31.1. The maximum absolute atomic E-state index is 12.1. The molecule has 1 aromatic carbocycles. The summed E-state index contributed by atoms with van der Waals surface area (Å²) in [6.07, 6.45) is 0.854. The fraction of sp³-hybridized carbons (Fsp3) is 0.531. The number of carbonyl (C=O) groups is 2. The minimum atomic E-state index is -1.71. The lowest BCUT2D eigenvalue weighted by Gasteiger charge is -2.27. The van der Waals surface area contributed by atoms with Crippen LogP contribution in [-0.2, 0) is 29.3 Å². The first kappa shape index (κ1) is 39.7. The zero-order valence-corrected chi connectivity index (χ0v) is 28.7. The van der Waals surface area contributed by atoms with Crippen LogP contribution in [0, 0.1) is 5.92 Å². The zero-order valence-electron chi connectivity index (χ0n) is 27.7. The number of para-hydroxylation sites is 1. The van der Waals surface area contributed by atoms with Crippen molar-refractivity contribution in [3.05, 3.63) is 54.5 Å². The highest BCUT2D eigenvalue weighted by molar-refractivity contribution is 7.26. The average Bonchev–Trinajstić information content (AvgIpc) is 3.60. The number of rotatable bonds is 15. The van der Waals surface area contributed by atoms with Crippen LogP contribution >= 0.6 is 9.03 Å². The largest absolute Gasteiger partial charge is 0.468 e. The SMILES string of the molecule is C=N[C@@]1(c2ccc3c(NC(=O)CCC)ncnn23)O[C@H](COPOc2ccccc2)C(O)C1O.CC(C)N.CCC(CC)COC=O. The van der Waals surface area contributed by atoms with Gasteiger partial charge in [-0.25, -0.2) is 9.50 Å². The van der Waals surface area contributed by atoms with Crippen LogP contribution in [0.2, 0.25) is 0 Å². The molecule has 5 atom stereocenters. The maximum atomic E-state index is 12.1. The molecule has 1 aliphatic rings. The van der Waals surface area contributed by atoms with E-state index < -0.39 is 24.0 Å². The van der Waals surface area contributed by atoms with E-state index in [-0.39, 0.29) is 21.5 Å². The van der Waals surface area contributed by atoms with E-state index in [9.17, 15) is 19.8 Å². The number of carbonyl (C=O) groups excluding carboxylic acids is 2. The van der Waals surface area contributed by atoms with Crippen molar-refractivity contribution in [1.29, 1.82) is 0 Å². The molecule has 15 heteroatoms. The third kappa shape index (κ3) is 11.6. The van der Waals surface area contributed by atoms with Gasteiger partial charge in [0.05, 0.1) is 13.2 Å². The predicted octanol–water partition coefficient (Wildman–Crippen LogP) is 4.00. The van der Waals surface area contributed by atoms with Crippen molar-refractivity contribution in [1.82, 2.24) is 14.6 Å². The lowest BCUT2D eigenvalue weighted by Crippen LogP contribution is -2.40. The molecule has 0 spiro atoms. The summed E-state index contributed by atoms with van der Waals surface area (Å²) in [5, 5.41) is 28.6. The topological polar surface area (TPSA) is 192 Å². The molecule has 0 saturated carbocycles. The van der Waals surface area contributed by atoms with Crippen LogP contribution in [0.25, 0.3) is 5.52 Å². The normalized spacial score (nSPS) is 20.4. The van der Waals surface area contributed by atoms with Crippen molar-refractivity contribution in [2.45, 2.75) is 90.4 Å². The fourth-order valence-corrected chi connectivity index (χ4v) is 4.99. The number of nitrogens with zero attached hydrogens (tertiary/aromatic N) is 4. The van der Waals surface area contributed by atoms with Crippen LogP contribution < -0.4 is 15.6 Å². The molecule has 5 N–H and O–H groups in total. The summed E-state index contributed by atoms with van der Waals surface area (Å²) in [5.41, 5.74) is 4.21. The summed E-state index contributed by atoms with van der Waals surface area (Å²) in [7, 11) is -0.332. The minimum Gasteiger partial charge on any atom is -0.468 e. The molecule has 0 bridgehead atoms. The number of nitrogens with one attached hydrogen (secondary N) is 1. The van der Waals surface area contributed by atoms with Crippen molar-refractivity contribution in [3.63, 3.8) is 0 Å². The van der Waals surface area contributed by atoms with Crippen LogP contribution in [0.15, 0.2) is 53.8 Å². The molecule has 14 nitrogen and oxygen atoms in total. The van der Waals surface area contributed by atoms with E-state index in [0.717, 1.165) is 12.8 Å². The van der Waals surface area contributed by atoms with Gasteiger partial charge in [-0.15, -0.1) is 0 Å². The van der Waals surface area contributed by atoms with Gasteiger partial charge >= 0.3 is 0 Å². The zero-order chi connectivity index (χ0) is 34.8. The minimum absolute atomic E-state index is 0.0443. The Labute approximate surface area is 278 Å². The second-order valence-corrected chi connectivity index (χ2v) is 11.7. The van der Waals surface area contributed by atoms with Gasteiger partial charge in [0.2, 0.25) is 20.7 Å². The van der Waals surface area contributed by atoms with Gasteiger partial charge in [0.25, 0.3) is 6.47 Å². The predicted molar refractivity (Wildman–Crippen MR) is 181 cm³/mol. The van der Waals surface area contributed by atoms with E-state index in [0.29, 0.717) is 60.7 Å². The smallest absolute Gasteiger partial charge is 0.293 e. The first-order valence-electron chi connectivity index (χ1n) is 15.6. The number of aliphatic imine (C=N–C) groups is 1. The van der Waals surface area contributed by atoms with Crippen molar-refractivity contribution >= 4 is 39.5 Å². The highest BCUT2D eigenvalue weighted by Gasteiger charge is 2.56. The molecule has 3 aromatic rings. The van der Waals surface area contributed by atoms with Crippen LogP contribution in [0.5, 0.6) is 5.75 Å². The van der Waals surface area contributed by atoms with Crippen molar-refractivity contribution < 1.29 is 38.3 Å². The van der Waals surface area contributed by atoms with E-state index in [4.69, 9.17) is 19.5 Å². The first-order chi connectivity index (χ1) is 22.6. The Morgan fingerprint density at radius 2 is 1.89 bits per heavy atom. The highest BCUT2D eigenvalue weighted by Crippen LogP contribution is 2.42. The van der Waals surface area contributed by atoms with E-state index in [1.807, 2.05) is 39.0 Å². The number of nitrogens with two attached hydrogens (primary N) is 1. The second-order valence-electron chi connectivity index (χ2n) is 11.0. The van der Waals surface area contributed by atoms with Gasteiger partial charge in [0.1, 0.15) is 41.6 Å². The summed E-state index contributed by atoms with van der Waals surface area (Å²) in [6.45, 7) is 14.6. The van der Waals surface area contributed by atoms with Gasteiger partial charge in [0.15, 0.2) is 5.82 Å². The van der Waals surface area contributed by atoms with Gasteiger partial charge in [-0.2, -0.15) is 5.10 Å². The maximum Gasteiger partial charge on any atom is 0.293 e. The molecule has 0 radical (unpaired) electrons. The Balaban J connectivity index is 0.000000500. The summed E-state index contributed by atoms with van der Waals surface area (Å²) in [6, 6.07) is 12.8. The second kappa shape index (κ2) is 20.7. The Morgan fingerprint density at radius 3 is 2.49 bits per heavy atom. The summed E-state index contributed by atoms with van der Waals surface area (Å²) >= 11 is 0. The lowest BCUT2D eigenvalue weighted by atomic mass is 10.0. The molecule has 3 unspecified atom stereocenters. The van der Waals surface area contributed by atoms with Crippen molar-refractivity contribution in [2.75, 3.05) is 18.5 Å². The van der Waals surface area contributed by atoms with Gasteiger partial charge in [-0.1, -0.05) is 65.7 Å².